The van der Waals surface area contributed by atoms with Gasteiger partial charge < -0.3 is 10.2 Å². The second-order valence-corrected chi connectivity index (χ2v) is 8.20. The Bertz CT molecular complexity index is 1090. The highest BCUT2D eigenvalue weighted by Gasteiger charge is 2.52. The third-order valence-electron chi connectivity index (χ3n) is 5.12. The highest BCUT2D eigenvalue weighted by atomic mass is 32.1. The van der Waals surface area contributed by atoms with Crippen molar-refractivity contribution in [1.82, 2.24) is 9.88 Å². The zero-order valence-corrected chi connectivity index (χ0v) is 18.4. The molecule has 2 heterocycles. The predicted molar refractivity (Wildman–Crippen MR) is 114 cm³/mol. The number of anilines is 2. The summed E-state index contributed by atoms with van der Waals surface area (Å²) >= 11 is 4.08. The van der Waals surface area contributed by atoms with Gasteiger partial charge in [-0.3, -0.25) is 9.59 Å². The summed E-state index contributed by atoms with van der Waals surface area (Å²) in [6.45, 7) is 4.82. The fraction of sp³-hybridized carbons (Fsp3) is 0.333. The number of alkyl halides is 3. The lowest BCUT2D eigenvalue weighted by Gasteiger charge is -2.27. The molecule has 0 unspecified atom stereocenters. The molecule has 0 bridgehead atoms. The highest BCUT2D eigenvalue weighted by Crippen LogP contribution is 2.39. The maximum atomic E-state index is 13.2. The Morgan fingerprint density at radius 1 is 1.19 bits per heavy atom. The van der Waals surface area contributed by atoms with Crippen molar-refractivity contribution in [3.05, 3.63) is 47.7 Å². The van der Waals surface area contributed by atoms with E-state index in [9.17, 15) is 27.6 Å². The summed E-state index contributed by atoms with van der Waals surface area (Å²) in [7, 11) is 0. The second-order valence-electron chi connectivity index (χ2n) is 7.72. The number of carbonyl (C=O) groups is 3. The Kier molecular flexibility index (Phi) is 6.23. The summed E-state index contributed by atoms with van der Waals surface area (Å²) < 4.78 is 38.9. The van der Waals surface area contributed by atoms with E-state index in [1.807, 2.05) is 0 Å². The Morgan fingerprint density at radius 2 is 1.88 bits per heavy atom. The molecule has 1 aromatic heterocycles. The molecular weight excluding hydrogens is 445 g/mol. The molecule has 1 saturated heterocycles. The van der Waals surface area contributed by atoms with Gasteiger partial charge in [-0.1, -0.05) is 6.92 Å². The minimum atomic E-state index is -4.58. The molecule has 11 heteroatoms. The Hall–Kier alpha value is -3.08. The second kappa shape index (κ2) is 8.45. The van der Waals surface area contributed by atoms with E-state index in [2.05, 4.69) is 22.9 Å². The number of urea groups is 1. The van der Waals surface area contributed by atoms with Crippen molar-refractivity contribution >= 4 is 42.0 Å². The standard InChI is InChI=1S/C21H21F3N4O3S/c1-4-17(29)26-16-9-12(7-8-25-16)11-27-19(31)28(18(30)20(27,2)3)14-6-5-13(10-15(14)32)21(22,23)24/h5-10,32H,4,11H2,1-3H3,(H,25,26,29). The summed E-state index contributed by atoms with van der Waals surface area (Å²) in [5.74, 6) is -0.509. The normalized spacial score (nSPS) is 16.0. The number of hydrogen-bond acceptors (Lipinski definition) is 5. The summed E-state index contributed by atoms with van der Waals surface area (Å²) in [6, 6.07) is 5.18. The van der Waals surface area contributed by atoms with Crippen LogP contribution >= 0.6 is 12.6 Å². The third kappa shape index (κ3) is 4.43. The van der Waals surface area contributed by atoms with E-state index in [4.69, 9.17) is 0 Å². The number of aromatic nitrogens is 1. The molecule has 0 saturated carbocycles. The molecule has 0 radical (unpaired) electrons. The number of nitrogens with one attached hydrogen (secondary N) is 1. The van der Waals surface area contributed by atoms with E-state index in [-0.39, 0.29) is 29.5 Å². The topological polar surface area (TPSA) is 82.6 Å². The summed E-state index contributed by atoms with van der Waals surface area (Å²) in [4.78, 5) is 43.9. The lowest BCUT2D eigenvalue weighted by molar-refractivity contribution is -0.137. The molecule has 7 nitrogen and oxygen atoms in total. The van der Waals surface area contributed by atoms with Gasteiger partial charge in [0.1, 0.15) is 11.4 Å². The van der Waals surface area contributed by atoms with Crippen molar-refractivity contribution in [2.24, 2.45) is 0 Å². The third-order valence-corrected chi connectivity index (χ3v) is 5.48. The van der Waals surface area contributed by atoms with Gasteiger partial charge in [0.15, 0.2) is 0 Å². The molecule has 2 aromatic rings. The van der Waals surface area contributed by atoms with Gasteiger partial charge in [0.25, 0.3) is 5.91 Å². The molecule has 1 fully saturated rings. The maximum Gasteiger partial charge on any atom is 0.416 e. The Labute approximate surface area is 188 Å². The largest absolute Gasteiger partial charge is 0.416 e. The number of imide groups is 1. The molecule has 170 valence electrons. The summed E-state index contributed by atoms with van der Waals surface area (Å²) in [6.07, 6.45) is -2.84. The lowest BCUT2D eigenvalue weighted by Crippen LogP contribution is -2.43. The van der Waals surface area contributed by atoms with Crippen LogP contribution < -0.4 is 10.2 Å². The van der Waals surface area contributed by atoms with Crippen LogP contribution in [0.15, 0.2) is 41.4 Å². The Balaban J connectivity index is 1.91. The molecule has 1 aromatic carbocycles. The van der Waals surface area contributed by atoms with Crippen molar-refractivity contribution in [1.29, 1.82) is 0 Å². The van der Waals surface area contributed by atoms with Crippen molar-refractivity contribution in [2.75, 3.05) is 10.2 Å². The molecule has 3 rings (SSSR count). The van der Waals surface area contributed by atoms with Crippen molar-refractivity contribution in [2.45, 2.75) is 50.3 Å². The van der Waals surface area contributed by atoms with E-state index in [1.165, 1.54) is 11.1 Å². The first-order chi connectivity index (χ1) is 14.9. The van der Waals surface area contributed by atoms with Gasteiger partial charge >= 0.3 is 12.2 Å². The average Bonchev–Trinajstić information content (AvgIpc) is 2.87. The van der Waals surface area contributed by atoms with E-state index in [1.54, 1.807) is 32.9 Å². The number of nitrogens with zero attached hydrogens (tertiary/aromatic N) is 3. The van der Waals surface area contributed by atoms with E-state index >= 15 is 0 Å². The van der Waals surface area contributed by atoms with Gasteiger partial charge in [-0.25, -0.2) is 14.7 Å². The summed E-state index contributed by atoms with van der Waals surface area (Å²) in [5.41, 5.74) is -1.62. The quantitative estimate of drug-likeness (QED) is 0.503. The number of benzene rings is 1. The van der Waals surface area contributed by atoms with Crippen LogP contribution in [0.3, 0.4) is 0 Å². The number of pyridine rings is 1. The molecule has 0 spiro atoms. The minimum Gasteiger partial charge on any atom is -0.311 e. The van der Waals surface area contributed by atoms with Gasteiger partial charge in [0.05, 0.1) is 11.3 Å². The minimum absolute atomic E-state index is 0.0220. The molecule has 0 aliphatic carbocycles. The van der Waals surface area contributed by atoms with Crippen LogP contribution in [0, 0.1) is 0 Å². The fourth-order valence-corrected chi connectivity index (χ4v) is 3.57. The van der Waals surface area contributed by atoms with Crippen molar-refractivity contribution < 1.29 is 27.6 Å². The van der Waals surface area contributed by atoms with Crippen LogP contribution in [-0.2, 0) is 22.3 Å². The van der Waals surface area contributed by atoms with Crippen LogP contribution in [0.4, 0.5) is 29.5 Å². The van der Waals surface area contributed by atoms with Gasteiger partial charge in [0.2, 0.25) is 5.91 Å². The molecule has 0 atom stereocenters. The van der Waals surface area contributed by atoms with Crippen molar-refractivity contribution in [3.8, 4) is 0 Å². The van der Waals surface area contributed by atoms with Crippen LogP contribution in [0.25, 0.3) is 0 Å². The highest BCUT2D eigenvalue weighted by molar-refractivity contribution is 7.80. The summed E-state index contributed by atoms with van der Waals surface area (Å²) in [5, 5.41) is 2.62. The molecule has 32 heavy (non-hydrogen) atoms. The number of carbonyl (C=O) groups excluding carboxylic acids is 3. The number of thiol groups is 1. The van der Waals surface area contributed by atoms with Gasteiger partial charge in [-0.15, -0.1) is 12.6 Å². The first-order valence-corrected chi connectivity index (χ1v) is 10.1. The van der Waals surface area contributed by atoms with E-state index in [0.717, 1.165) is 23.1 Å². The van der Waals surface area contributed by atoms with Gasteiger partial charge in [-0.2, -0.15) is 13.2 Å². The maximum absolute atomic E-state index is 13.2. The molecule has 1 N–H and O–H groups in total. The molecular formula is C21H21F3N4O3S. The lowest BCUT2D eigenvalue weighted by atomic mass is 10.0. The zero-order valence-electron chi connectivity index (χ0n) is 17.5. The van der Waals surface area contributed by atoms with Crippen LogP contribution in [0.5, 0.6) is 0 Å². The molecule has 4 amide bonds. The number of amides is 4. The average molecular weight is 466 g/mol. The fourth-order valence-electron chi connectivity index (χ4n) is 3.26. The Morgan fingerprint density at radius 3 is 2.47 bits per heavy atom. The smallest absolute Gasteiger partial charge is 0.311 e. The number of rotatable bonds is 5. The van der Waals surface area contributed by atoms with E-state index in [0.29, 0.717) is 11.4 Å². The monoisotopic (exact) mass is 466 g/mol. The molecule has 1 aliphatic rings. The SMILES string of the molecule is CCC(=O)Nc1cc(CN2C(=O)N(c3ccc(C(F)(F)F)cc3S)C(=O)C2(C)C)ccn1. The van der Waals surface area contributed by atoms with Crippen molar-refractivity contribution in [3.63, 3.8) is 0 Å². The zero-order chi connectivity index (χ0) is 23.8. The first kappa shape index (κ1) is 23.6. The first-order valence-electron chi connectivity index (χ1n) is 9.67. The predicted octanol–water partition coefficient (Wildman–Crippen LogP) is 4.49. The van der Waals surface area contributed by atoms with E-state index < -0.39 is 29.2 Å². The van der Waals surface area contributed by atoms with Crippen LogP contribution in [0.1, 0.15) is 38.3 Å². The molecule has 1 aliphatic heterocycles. The van der Waals surface area contributed by atoms with Gasteiger partial charge in [0, 0.05) is 24.1 Å². The number of halogens is 3. The van der Waals surface area contributed by atoms with Crippen LogP contribution in [-0.4, -0.2) is 33.3 Å². The van der Waals surface area contributed by atoms with Crippen LogP contribution in [0.2, 0.25) is 0 Å². The van der Waals surface area contributed by atoms with Gasteiger partial charge in [-0.05, 0) is 49.7 Å². The number of hydrogen-bond donors (Lipinski definition) is 2.